The first-order valence-electron chi connectivity index (χ1n) is 9.48. The molecule has 4 rings (SSSR count). The van der Waals surface area contributed by atoms with Gasteiger partial charge in [0.15, 0.2) is 11.5 Å². The van der Waals surface area contributed by atoms with Crippen LogP contribution in [-0.2, 0) is 4.79 Å². The Labute approximate surface area is 188 Å². The Balaban J connectivity index is 1.30. The number of oxazole rings is 1. The third kappa shape index (κ3) is 4.56. The van der Waals surface area contributed by atoms with Crippen molar-refractivity contribution in [3.63, 3.8) is 0 Å². The number of nitrogens with zero attached hydrogens (tertiary/aromatic N) is 2. The van der Waals surface area contributed by atoms with E-state index >= 15 is 0 Å². The first kappa shape index (κ1) is 21.0. The van der Waals surface area contributed by atoms with Crippen LogP contribution in [0.25, 0.3) is 11.1 Å². The van der Waals surface area contributed by atoms with Crippen LogP contribution in [0.3, 0.4) is 0 Å². The van der Waals surface area contributed by atoms with Crippen molar-refractivity contribution in [2.45, 2.75) is 18.8 Å². The van der Waals surface area contributed by atoms with Crippen LogP contribution in [0.4, 0.5) is 0 Å². The summed E-state index contributed by atoms with van der Waals surface area (Å²) in [5.41, 5.74) is 1.80. The summed E-state index contributed by atoms with van der Waals surface area (Å²) in [6.07, 6.45) is 1.49. The van der Waals surface area contributed by atoms with Gasteiger partial charge in [0.1, 0.15) is 5.52 Å². The van der Waals surface area contributed by atoms with Gasteiger partial charge in [-0.05, 0) is 49.2 Å². The highest BCUT2D eigenvalue weighted by molar-refractivity contribution is 6.42. The molecule has 0 bridgehead atoms. The normalized spacial score (nSPS) is 14.8. The minimum atomic E-state index is -0.373. The topological polar surface area (TPSA) is 75.4 Å². The summed E-state index contributed by atoms with van der Waals surface area (Å²) in [4.78, 5) is 31.0. The van der Waals surface area contributed by atoms with Gasteiger partial charge in [0.05, 0.1) is 16.6 Å². The third-order valence-corrected chi connectivity index (χ3v) is 6.12. The number of carbonyl (C=O) groups excluding carboxylic acids is 2. The lowest BCUT2D eigenvalue weighted by atomic mass is 9.97. The van der Waals surface area contributed by atoms with E-state index in [0.717, 1.165) is 18.4 Å². The van der Waals surface area contributed by atoms with Crippen LogP contribution in [0.5, 0.6) is 0 Å². The highest BCUT2D eigenvalue weighted by Gasteiger charge is 2.27. The number of hydrogen-bond acceptors (Lipinski definition) is 4. The molecule has 156 valence electrons. The number of aromatic nitrogens is 1. The first-order valence-corrected chi connectivity index (χ1v) is 10.6. The minimum absolute atomic E-state index is 0.0782. The smallest absolute Gasteiger partial charge is 0.251 e. The van der Waals surface area contributed by atoms with Crippen molar-refractivity contribution < 1.29 is 14.0 Å². The molecule has 0 atom stereocenters. The molecule has 9 heteroatoms. The van der Waals surface area contributed by atoms with E-state index in [-0.39, 0.29) is 24.3 Å². The second kappa shape index (κ2) is 8.84. The van der Waals surface area contributed by atoms with Crippen LogP contribution in [-0.4, -0.2) is 41.3 Å². The minimum Gasteiger partial charge on any atom is -0.440 e. The molecule has 2 aromatic carbocycles. The van der Waals surface area contributed by atoms with Gasteiger partial charge in [0, 0.05) is 29.6 Å². The first-order chi connectivity index (χ1) is 14.4. The number of amides is 2. The second-order valence-corrected chi connectivity index (χ2v) is 8.38. The Morgan fingerprint density at radius 2 is 1.83 bits per heavy atom. The number of piperidine rings is 1. The molecule has 1 aliphatic heterocycles. The quantitative estimate of drug-likeness (QED) is 0.592. The van der Waals surface area contributed by atoms with Gasteiger partial charge in [0.25, 0.3) is 5.91 Å². The van der Waals surface area contributed by atoms with Gasteiger partial charge < -0.3 is 14.6 Å². The summed E-state index contributed by atoms with van der Waals surface area (Å²) in [6, 6.07) is 9.94. The lowest BCUT2D eigenvalue weighted by molar-refractivity contribution is -0.131. The van der Waals surface area contributed by atoms with Crippen LogP contribution >= 0.6 is 34.8 Å². The van der Waals surface area contributed by atoms with Crippen molar-refractivity contribution in [1.29, 1.82) is 0 Å². The average molecular weight is 467 g/mol. The van der Waals surface area contributed by atoms with E-state index in [1.807, 2.05) is 6.07 Å². The largest absolute Gasteiger partial charge is 0.440 e. The van der Waals surface area contributed by atoms with Gasteiger partial charge in [-0.2, -0.15) is 0 Å². The highest BCUT2D eigenvalue weighted by atomic mass is 35.5. The Morgan fingerprint density at radius 1 is 1.07 bits per heavy atom. The monoisotopic (exact) mass is 465 g/mol. The molecule has 0 saturated carbocycles. The van der Waals surface area contributed by atoms with Crippen LogP contribution < -0.4 is 5.32 Å². The molecule has 6 nitrogen and oxygen atoms in total. The number of fused-ring (bicyclic) bond motifs is 1. The number of likely N-dealkylation sites (tertiary alicyclic amines) is 1. The Kier molecular flexibility index (Phi) is 6.18. The molecule has 1 saturated heterocycles. The average Bonchev–Trinajstić information content (AvgIpc) is 3.17. The number of hydrogen-bond donors (Lipinski definition) is 1. The van der Waals surface area contributed by atoms with Crippen molar-refractivity contribution in [2.75, 3.05) is 19.6 Å². The van der Waals surface area contributed by atoms with E-state index in [2.05, 4.69) is 10.3 Å². The highest BCUT2D eigenvalue weighted by Crippen LogP contribution is 2.30. The molecular formula is C21H18Cl3N3O3. The fourth-order valence-electron chi connectivity index (χ4n) is 3.48. The molecule has 0 unspecified atom stereocenters. The van der Waals surface area contributed by atoms with Crippen molar-refractivity contribution in [1.82, 2.24) is 15.2 Å². The molecule has 1 N–H and O–H groups in total. The van der Waals surface area contributed by atoms with Crippen LogP contribution in [0.1, 0.15) is 35.0 Å². The van der Waals surface area contributed by atoms with Crippen molar-refractivity contribution in [2.24, 2.45) is 0 Å². The lowest BCUT2D eigenvalue weighted by Crippen LogP contribution is -2.43. The molecule has 0 aliphatic carbocycles. The lowest BCUT2D eigenvalue weighted by Gasteiger charge is -2.30. The van der Waals surface area contributed by atoms with Gasteiger partial charge >= 0.3 is 0 Å². The molecule has 2 heterocycles. The molecule has 30 heavy (non-hydrogen) atoms. The zero-order valence-corrected chi connectivity index (χ0v) is 18.1. The maximum Gasteiger partial charge on any atom is 0.251 e. The van der Waals surface area contributed by atoms with Gasteiger partial charge in [-0.25, -0.2) is 4.98 Å². The number of halogens is 3. The molecule has 0 spiro atoms. The van der Waals surface area contributed by atoms with Crippen LogP contribution in [0, 0.1) is 0 Å². The van der Waals surface area contributed by atoms with Crippen LogP contribution in [0.15, 0.2) is 40.8 Å². The number of carbonyl (C=O) groups is 2. The van der Waals surface area contributed by atoms with Crippen molar-refractivity contribution in [3.05, 3.63) is 62.9 Å². The second-order valence-electron chi connectivity index (χ2n) is 7.13. The van der Waals surface area contributed by atoms with E-state index < -0.39 is 0 Å². The zero-order valence-electron chi connectivity index (χ0n) is 15.8. The summed E-state index contributed by atoms with van der Waals surface area (Å²) < 4.78 is 5.85. The fourth-order valence-corrected chi connectivity index (χ4v) is 3.94. The van der Waals surface area contributed by atoms with Crippen molar-refractivity contribution >= 4 is 57.7 Å². The van der Waals surface area contributed by atoms with Gasteiger partial charge in [-0.3, -0.25) is 9.59 Å². The van der Waals surface area contributed by atoms with E-state index in [1.165, 1.54) is 6.07 Å². The molecule has 1 aromatic heterocycles. The summed E-state index contributed by atoms with van der Waals surface area (Å²) in [7, 11) is 0. The maximum atomic E-state index is 12.5. The van der Waals surface area contributed by atoms with Crippen molar-refractivity contribution in [3.8, 4) is 0 Å². The SMILES string of the molecule is O=C(NCC(=O)N1CCC(c2nc3cc(Cl)ccc3o2)CC1)c1ccc(Cl)c(Cl)c1. The van der Waals surface area contributed by atoms with E-state index in [4.69, 9.17) is 39.2 Å². The number of rotatable bonds is 4. The van der Waals surface area contributed by atoms with Gasteiger partial charge in [-0.15, -0.1) is 0 Å². The standard InChI is InChI=1S/C21H18Cl3N3O3/c22-14-2-4-18-17(10-14)26-21(30-18)12-5-7-27(8-6-12)19(28)11-25-20(29)13-1-3-15(23)16(24)9-13/h1-4,9-10,12H,5-8,11H2,(H,25,29). The molecular weight excluding hydrogens is 449 g/mol. The molecule has 1 fully saturated rings. The predicted molar refractivity (Wildman–Crippen MR) is 116 cm³/mol. The Hall–Kier alpha value is -2.28. The van der Waals surface area contributed by atoms with Gasteiger partial charge in [-0.1, -0.05) is 34.8 Å². The maximum absolute atomic E-state index is 12.5. The Bertz CT molecular complexity index is 1110. The molecule has 1 aliphatic rings. The van der Waals surface area contributed by atoms with E-state index in [1.54, 1.807) is 29.2 Å². The zero-order chi connectivity index (χ0) is 21.3. The van der Waals surface area contributed by atoms with Crippen LogP contribution in [0.2, 0.25) is 15.1 Å². The third-order valence-electron chi connectivity index (χ3n) is 5.15. The predicted octanol–water partition coefficient (Wildman–Crippen LogP) is 4.92. The Morgan fingerprint density at radius 3 is 2.57 bits per heavy atom. The molecule has 0 radical (unpaired) electrons. The van der Waals surface area contributed by atoms with E-state index in [9.17, 15) is 9.59 Å². The fraction of sp³-hybridized carbons (Fsp3) is 0.286. The summed E-state index contributed by atoms with van der Waals surface area (Å²) >= 11 is 17.8. The molecule has 3 aromatic rings. The molecule has 2 amide bonds. The number of nitrogens with one attached hydrogen (secondary N) is 1. The number of benzene rings is 2. The van der Waals surface area contributed by atoms with Gasteiger partial charge in [0.2, 0.25) is 5.91 Å². The summed E-state index contributed by atoms with van der Waals surface area (Å²) in [6.45, 7) is 1.07. The van der Waals surface area contributed by atoms with E-state index in [0.29, 0.717) is 45.2 Å². The summed E-state index contributed by atoms with van der Waals surface area (Å²) in [5, 5.41) is 3.91. The summed E-state index contributed by atoms with van der Waals surface area (Å²) in [5.74, 6) is 0.312.